The molecule has 3 atom stereocenters. The highest BCUT2D eigenvalue weighted by molar-refractivity contribution is 5.76. The summed E-state index contributed by atoms with van der Waals surface area (Å²) in [6, 6.07) is 5.79. The van der Waals surface area contributed by atoms with Crippen LogP contribution in [0.4, 0.5) is 0 Å². The monoisotopic (exact) mass is 348 g/mol. The Hall–Kier alpha value is -1.79. The number of aliphatic hydroxyl groups is 1. The van der Waals surface area contributed by atoms with E-state index in [1.807, 2.05) is 18.2 Å². The molecule has 138 valence electrons. The molecule has 6 heteroatoms. The van der Waals surface area contributed by atoms with E-state index in [4.69, 9.17) is 15.2 Å². The van der Waals surface area contributed by atoms with Crippen molar-refractivity contribution in [2.45, 2.75) is 43.7 Å². The number of carbonyl (C=O) groups excluding carboxylic acids is 1. The molecule has 1 saturated carbocycles. The zero-order valence-electron chi connectivity index (χ0n) is 15.0. The third kappa shape index (κ3) is 3.46. The van der Waals surface area contributed by atoms with Crippen molar-refractivity contribution in [1.82, 2.24) is 4.90 Å². The van der Waals surface area contributed by atoms with Gasteiger partial charge in [0, 0.05) is 18.5 Å². The molecule has 2 fully saturated rings. The average molecular weight is 348 g/mol. The second-order valence-corrected chi connectivity index (χ2v) is 7.20. The zero-order chi connectivity index (χ0) is 18.0. The van der Waals surface area contributed by atoms with Crippen LogP contribution in [0.5, 0.6) is 11.5 Å². The highest BCUT2D eigenvalue weighted by atomic mass is 16.5. The van der Waals surface area contributed by atoms with Crippen molar-refractivity contribution in [3.63, 3.8) is 0 Å². The summed E-state index contributed by atoms with van der Waals surface area (Å²) in [6.45, 7) is 0.862. The van der Waals surface area contributed by atoms with E-state index in [0.29, 0.717) is 24.5 Å². The largest absolute Gasteiger partial charge is 0.493 e. The number of hydrogen-bond acceptors (Lipinski definition) is 5. The predicted molar refractivity (Wildman–Crippen MR) is 94.6 cm³/mol. The first kappa shape index (κ1) is 18.0. The van der Waals surface area contributed by atoms with E-state index in [9.17, 15) is 9.90 Å². The lowest BCUT2D eigenvalue weighted by Gasteiger charge is -2.52. The van der Waals surface area contributed by atoms with Gasteiger partial charge in [-0.2, -0.15) is 0 Å². The lowest BCUT2D eigenvalue weighted by Crippen LogP contribution is -2.56. The molecule has 1 saturated heterocycles. The Bertz CT molecular complexity index is 636. The Kier molecular flexibility index (Phi) is 5.20. The predicted octanol–water partition coefficient (Wildman–Crippen LogP) is 1.86. The van der Waals surface area contributed by atoms with Crippen LogP contribution in [0.15, 0.2) is 18.2 Å². The molecule has 0 spiro atoms. The summed E-state index contributed by atoms with van der Waals surface area (Å²) >= 11 is 0. The number of amides is 1. The number of carbonyl (C=O) groups is 1. The fraction of sp³-hybridized carbons (Fsp3) is 0.632. The number of likely N-dealkylation sites (tertiary alicyclic amines) is 1. The number of primary amides is 1. The smallest absolute Gasteiger partial charge is 0.231 e. The lowest BCUT2D eigenvalue weighted by atomic mass is 9.66. The zero-order valence-corrected chi connectivity index (χ0v) is 15.0. The minimum absolute atomic E-state index is 0.0497. The summed E-state index contributed by atoms with van der Waals surface area (Å²) in [6.07, 6.45) is 4.62. The Labute approximate surface area is 148 Å². The molecule has 25 heavy (non-hydrogen) atoms. The third-order valence-corrected chi connectivity index (χ3v) is 5.78. The van der Waals surface area contributed by atoms with Gasteiger partial charge >= 0.3 is 0 Å². The maximum Gasteiger partial charge on any atom is 0.231 e. The number of hydrogen-bond donors (Lipinski definition) is 2. The second-order valence-electron chi connectivity index (χ2n) is 7.20. The van der Waals surface area contributed by atoms with Crippen LogP contribution in [0.25, 0.3) is 0 Å². The molecular formula is C19H28N2O4. The molecule has 3 rings (SSSR count). The summed E-state index contributed by atoms with van der Waals surface area (Å²) in [7, 11) is 3.22. The van der Waals surface area contributed by atoms with E-state index in [2.05, 4.69) is 4.90 Å². The molecule has 3 N–H and O–H groups in total. The van der Waals surface area contributed by atoms with Gasteiger partial charge in [-0.3, -0.25) is 9.69 Å². The van der Waals surface area contributed by atoms with Crippen molar-refractivity contribution in [1.29, 1.82) is 0 Å². The highest BCUT2D eigenvalue weighted by Gasteiger charge is 2.49. The topological polar surface area (TPSA) is 85.0 Å². The first-order valence-electron chi connectivity index (χ1n) is 8.95. The van der Waals surface area contributed by atoms with Crippen LogP contribution in [-0.2, 0) is 4.79 Å². The van der Waals surface area contributed by atoms with E-state index in [0.717, 1.165) is 31.2 Å². The first-order chi connectivity index (χ1) is 12.0. The fourth-order valence-electron chi connectivity index (χ4n) is 4.60. The minimum Gasteiger partial charge on any atom is -0.493 e. The summed E-state index contributed by atoms with van der Waals surface area (Å²) in [5, 5.41) is 11.2. The van der Waals surface area contributed by atoms with E-state index >= 15 is 0 Å². The highest BCUT2D eigenvalue weighted by Crippen LogP contribution is 2.49. The van der Waals surface area contributed by atoms with Crippen molar-refractivity contribution in [3.05, 3.63) is 23.8 Å². The Balaban J connectivity index is 2.01. The molecular weight excluding hydrogens is 320 g/mol. The van der Waals surface area contributed by atoms with Crippen LogP contribution < -0.4 is 15.2 Å². The maximum atomic E-state index is 11.6. The molecule has 1 aliphatic heterocycles. The molecule has 3 unspecified atom stereocenters. The van der Waals surface area contributed by atoms with Gasteiger partial charge in [0.2, 0.25) is 5.91 Å². The minimum atomic E-state index is -0.662. The van der Waals surface area contributed by atoms with Crippen LogP contribution in [0.1, 0.15) is 43.7 Å². The van der Waals surface area contributed by atoms with Gasteiger partial charge in [0.25, 0.3) is 0 Å². The Morgan fingerprint density at radius 2 is 2.04 bits per heavy atom. The number of ether oxygens (including phenoxy) is 2. The maximum absolute atomic E-state index is 11.6. The number of methoxy groups -OCH3 is 2. The molecule has 1 aromatic rings. The van der Waals surface area contributed by atoms with Crippen LogP contribution in [0.3, 0.4) is 0 Å². The molecule has 6 nitrogen and oxygen atoms in total. The van der Waals surface area contributed by atoms with E-state index in [1.54, 1.807) is 14.2 Å². The SMILES string of the molecule is COc1ccc(C2C3CCCCC3(O)CCN2CC(N)=O)cc1OC. The Morgan fingerprint density at radius 3 is 2.72 bits per heavy atom. The molecule has 0 bridgehead atoms. The van der Waals surface area contributed by atoms with Gasteiger partial charge in [-0.05, 0) is 37.0 Å². The molecule has 1 aromatic carbocycles. The van der Waals surface area contributed by atoms with Gasteiger partial charge in [0.15, 0.2) is 11.5 Å². The van der Waals surface area contributed by atoms with Gasteiger partial charge in [-0.1, -0.05) is 18.9 Å². The second kappa shape index (κ2) is 7.22. The van der Waals surface area contributed by atoms with Crippen molar-refractivity contribution in [2.24, 2.45) is 11.7 Å². The summed E-state index contributed by atoms with van der Waals surface area (Å²) < 4.78 is 10.8. The van der Waals surface area contributed by atoms with Crippen LogP contribution in [0, 0.1) is 5.92 Å². The summed E-state index contributed by atoms with van der Waals surface area (Å²) in [5.41, 5.74) is 5.85. The molecule has 2 aliphatic rings. The number of fused-ring (bicyclic) bond motifs is 1. The molecule has 1 heterocycles. The number of rotatable bonds is 5. The number of benzene rings is 1. The quantitative estimate of drug-likeness (QED) is 0.848. The van der Waals surface area contributed by atoms with Crippen LogP contribution in [-0.4, -0.2) is 48.8 Å². The van der Waals surface area contributed by atoms with E-state index in [1.165, 1.54) is 0 Å². The summed E-state index contributed by atoms with van der Waals surface area (Å²) in [4.78, 5) is 13.7. The summed E-state index contributed by atoms with van der Waals surface area (Å²) in [5.74, 6) is 1.07. The third-order valence-electron chi connectivity index (χ3n) is 5.78. The Morgan fingerprint density at radius 1 is 1.28 bits per heavy atom. The lowest BCUT2D eigenvalue weighted by molar-refractivity contribution is -0.136. The normalized spacial score (nSPS) is 29.7. The van der Waals surface area contributed by atoms with Gasteiger partial charge < -0.3 is 20.3 Å². The number of piperidine rings is 1. The van der Waals surface area contributed by atoms with Crippen LogP contribution in [0.2, 0.25) is 0 Å². The number of nitrogens with two attached hydrogens (primary N) is 1. The number of nitrogens with zero attached hydrogens (tertiary/aromatic N) is 1. The van der Waals surface area contributed by atoms with Crippen molar-refractivity contribution >= 4 is 5.91 Å². The molecule has 1 aliphatic carbocycles. The standard InChI is InChI=1S/C19H28N2O4/c1-24-15-7-6-13(11-16(15)25-2)18-14-5-3-4-8-19(14,23)9-10-21(18)12-17(20)22/h6-7,11,14,18,23H,3-5,8-10,12H2,1-2H3,(H2,20,22). The van der Waals surface area contributed by atoms with Crippen molar-refractivity contribution in [2.75, 3.05) is 27.3 Å². The van der Waals surface area contributed by atoms with Crippen molar-refractivity contribution in [3.8, 4) is 11.5 Å². The van der Waals surface area contributed by atoms with Crippen LogP contribution >= 0.6 is 0 Å². The van der Waals surface area contributed by atoms with Crippen molar-refractivity contribution < 1.29 is 19.4 Å². The average Bonchev–Trinajstić information content (AvgIpc) is 2.60. The van der Waals surface area contributed by atoms with Gasteiger partial charge in [0.05, 0.1) is 26.4 Å². The van der Waals surface area contributed by atoms with Gasteiger partial charge in [0.1, 0.15) is 0 Å². The molecule has 1 amide bonds. The van der Waals surface area contributed by atoms with E-state index < -0.39 is 5.60 Å². The van der Waals surface area contributed by atoms with Gasteiger partial charge in [-0.15, -0.1) is 0 Å². The van der Waals surface area contributed by atoms with Gasteiger partial charge in [-0.25, -0.2) is 0 Å². The first-order valence-corrected chi connectivity index (χ1v) is 8.95. The molecule has 0 aromatic heterocycles. The van der Waals surface area contributed by atoms with E-state index in [-0.39, 0.29) is 24.4 Å². The fourth-order valence-corrected chi connectivity index (χ4v) is 4.60. The molecule has 0 radical (unpaired) electrons.